The Labute approximate surface area is 26.5 Å². The molecule has 0 rings (SSSR count). The highest BCUT2D eigenvalue weighted by molar-refractivity contribution is 5.96. The first-order valence-electron chi connectivity index (χ1n) is 0.796. The molecule has 0 heterocycles. The molecule has 0 fully saturated rings. The zero-order chi connectivity index (χ0) is 4.00. The van der Waals surface area contributed by atoms with Crippen LogP contribution in [0, 0.1) is 0 Å². The number of halogens is 1. The lowest BCUT2D eigenvalue weighted by molar-refractivity contribution is 0.902. The first kappa shape index (κ1) is 9.04. The molecule has 3 heteroatoms. The standard InChI is InChI=1S/CH5N.BF/c2*1-2/h2H2,1H3;. The van der Waals surface area contributed by atoms with Crippen LogP contribution in [0.3, 0.4) is 0 Å². The third-order valence-corrected chi connectivity index (χ3v) is 0. The lowest BCUT2D eigenvalue weighted by Crippen LogP contribution is -1.69. The molecule has 24 valence electrons. The summed E-state index contributed by atoms with van der Waals surface area (Å²) >= 11 is 0. The van der Waals surface area contributed by atoms with Crippen LogP contribution < -0.4 is 5.73 Å². The Morgan fingerprint density at radius 3 is 1.50 bits per heavy atom. The molecule has 0 aromatic carbocycles. The summed E-state index contributed by atoms with van der Waals surface area (Å²) in [5.41, 5.74) is 4.50. The SMILES string of the molecule is CN.[B]F. The lowest BCUT2D eigenvalue weighted by atomic mass is 10.7. The van der Waals surface area contributed by atoms with Crippen LogP contribution in [0.2, 0.25) is 0 Å². The third-order valence-electron chi connectivity index (χ3n) is 0. The van der Waals surface area contributed by atoms with E-state index in [0.717, 1.165) is 0 Å². The molecule has 0 bridgehead atoms. The van der Waals surface area contributed by atoms with Crippen LogP contribution in [0.15, 0.2) is 0 Å². The molecule has 0 aliphatic heterocycles. The maximum Gasteiger partial charge on any atom is 0.350 e. The van der Waals surface area contributed by atoms with Gasteiger partial charge in [-0.2, -0.15) is 0 Å². The zero-order valence-corrected chi connectivity index (χ0v) is 2.53. The summed E-state index contributed by atoms with van der Waals surface area (Å²) in [6.07, 6.45) is 0. The van der Waals surface area contributed by atoms with Crippen molar-refractivity contribution in [1.29, 1.82) is 0 Å². The molecule has 0 aromatic rings. The second-order valence-electron chi connectivity index (χ2n) is 0. The summed E-state index contributed by atoms with van der Waals surface area (Å²) < 4.78 is 9.00. The van der Waals surface area contributed by atoms with E-state index < -0.39 is 0 Å². The largest absolute Gasteiger partial charge is 0.350 e. The molecule has 4 heavy (non-hydrogen) atoms. The van der Waals surface area contributed by atoms with E-state index >= 15 is 0 Å². The van der Waals surface area contributed by atoms with Gasteiger partial charge >= 0.3 is 8.12 Å². The molecule has 0 spiro atoms. The summed E-state index contributed by atoms with van der Waals surface area (Å²) in [5, 5.41) is 0. The fourth-order valence-electron chi connectivity index (χ4n) is 0. The Morgan fingerprint density at radius 2 is 1.50 bits per heavy atom. The van der Waals surface area contributed by atoms with E-state index in [2.05, 4.69) is 13.9 Å². The van der Waals surface area contributed by atoms with Gasteiger partial charge in [0.25, 0.3) is 0 Å². The Kier molecular flexibility index (Phi) is 12600. The molecule has 0 unspecified atom stereocenters. The lowest BCUT2D eigenvalue weighted by Gasteiger charge is -1.19. The average molecular weight is 60.9 g/mol. The van der Waals surface area contributed by atoms with Crippen molar-refractivity contribution in [3.05, 3.63) is 0 Å². The fourth-order valence-corrected chi connectivity index (χ4v) is 0. The molecule has 0 saturated heterocycles. The molecule has 2 N–H and O–H groups in total. The van der Waals surface area contributed by atoms with Crippen LogP contribution in [-0.4, -0.2) is 15.2 Å². The van der Waals surface area contributed by atoms with Gasteiger partial charge in [0.1, 0.15) is 0 Å². The Hall–Kier alpha value is -0.0451. The van der Waals surface area contributed by atoms with Crippen molar-refractivity contribution in [2.75, 3.05) is 7.05 Å². The van der Waals surface area contributed by atoms with Gasteiger partial charge in [0.2, 0.25) is 0 Å². The monoisotopic (exact) mass is 61.0 g/mol. The van der Waals surface area contributed by atoms with Crippen LogP contribution in [0.5, 0.6) is 0 Å². The van der Waals surface area contributed by atoms with Gasteiger partial charge in [-0.15, -0.1) is 0 Å². The van der Waals surface area contributed by atoms with Crippen LogP contribution >= 0.6 is 0 Å². The summed E-state index contributed by atoms with van der Waals surface area (Å²) in [6, 6.07) is 0. The van der Waals surface area contributed by atoms with Gasteiger partial charge in [0.15, 0.2) is 0 Å². The smallest absolute Gasteiger partial charge is 0.350 e. The number of hydrogen-bond acceptors (Lipinski definition) is 1. The van der Waals surface area contributed by atoms with E-state index in [4.69, 9.17) is 4.32 Å². The summed E-state index contributed by atoms with van der Waals surface area (Å²) in [7, 11) is 4.50. The van der Waals surface area contributed by atoms with E-state index in [-0.39, 0.29) is 0 Å². The van der Waals surface area contributed by atoms with Crippen molar-refractivity contribution in [2.45, 2.75) is 0 Å². The van der Waals surface area contributed by atoms with Gasteiger partial charge < -0.3 is 10.0 Å². The average Bonchev–Trinajstić information content (AvgIpc) is 1.50. The molecule has 0 atom stereocenters. The highest BCUT2D eigenvalue weighted by Crippen LogP contribution is 1.10. The summed E-state index contributed by atoms with van der Waals surface area (Å²) in [6.45, 7) is 0. The van der Waals surface area contributed by atoms with Gasteiger partial charge in [-0.1, -0.05) is 0 Å². The second-order valence-corrected chi connectivity index (χ2v) is 0. The quantitative estimate of drug-likeness (QED) is 0.379. The fraction of sp³-hybridized carbons (Fsp3) is 1.00. The molecule has 0 saturated carbocycles. The molecular formula is CH5BFN. The zero-order valence-electron chi connectivity index (χ0n) is 2.53. The van der Waals surface area contributed by atoms with Crippen molar-refractivity contribution in [1.82, 2.24) is 0 Å². The van der Waals surface area contributed by atoms with Crippen molar-refractivity contribution in [2.24, 2.45) is 5.73 Å². The first-order chi connectivity index (χ1) is 2.00. The molecule has 0 amide bonds. The number of hydrogen-bond donors (Lipinski definition) is 1. The predicted octanol–water partition coefficient (Wildman–Crippen LogP) is -0.386. The summed E-state index contributed by atoms with van der Waals surface area (Å²) in [5.74, 6) is 0. The number of nitrogens with two attached hydrogens (primary N) is 1. The second kappa shape index (κ2) is 5560. The minimum Gasteiger partial charge on any atom is -0.350 e. The van der Waals surface area contributed by atoms with Crippen molar-refractivity contribution in [3.8, 4) is 0 Å². The normalized spacial score (nSPS) is 2.75. The Balaban J connectivity index is 0. The molecule has 0 aliphatic rings. The van der Waals surface area contributed by atoms with Gasteiger partial charge in [0.05, 0.1) is 0 Å². The van der Waals surface area contributed by atoms with Gasteiger partial charge in [-0.05, 0) is 7.05 Å². The van der Waals surface area contributed by atoms with E-state index in [1.807, 2.05) is 0 Å². The molecule has 0 aliphatic carbocycles. The minimum absolute atomic E-state index is 1.50. The maximum absolute atomic E-state index is 9.00. The van der Waals surface area contributed by atoms with E-state index in [1.54, 1.807) is 0 Å². The predicted molar refractivity (Wildman–Crippen MR) is 17.0 cm³/mol. The molecule has 2 radical (unpaired) electrons. The van der Waals surface area contributed by atoms with Crippen LogP contribution in [0.4, 0.5) is 4.32 Å². The van der Waals surface area contributed by atoms with Gasteiger partial charge in [-0.3, -0.25) is 0 Å². The summed E-state index contributed by atoms with van der Waals surface area (Å²) in [4.78, 5) is 0. The highest BCUT2D eigenvalue weighted by Gasteiger charge is 1.06. The maximum atomic E-state index is 9.00. The highest BCUT2D eigenvalue weighted by atomic mass is 19.1. The van der Waals surface area contributed by atoms with Crippen LogP contribution in [0.1, 0.15) is 0 Å². The van der Waals surface area contributed by atoms with Crippen molar-refractivity contribution < 1.29 is 4.32 Å². The first-order valence-corrected chi connectivity index (χ1v) is 0.796. The van der Waals surface area contributed by atoms with Crippen molar-refractivity contribution in [3.63, 3.8) is 0 Å². The van der Waals surface area contributed by atoms with Crippen LogP contribution in [0.25, 0.3) is 0 Å². The Morgan fingerprint density at radius 1 is 1.50 bits per heavy atom. The molecular weight excluding hydrogens is 55.8 g/mol. The number of rotatable bonds is 0. The Bertz CT molecular complexity index is 8.00. The van der Waals surface area contributed by atoms with Crippen LogP contribution in [-0.2, 0) is 0 Å². The van der Waals surface area contributed by atoms with E-state index in [9.17, 15) is 0 Å². The third kappa shape index (κ3) is 878. The molecule has 0 aromatic heterocycles. The van der Waals surface area contributed by atoms with E-state index in [0.29, 0.717) is 0 Å². The topological polar surface area (TPSA) is 26.0 Å². The van der Waals surface area contributed by atoms with E-state index in [1.165, 1.54) is 7.05 Å². The van der Waals surface area contributed by atoms with Gasteiger partial charge in [-0.25, -0.2) is 0 Å². The van der Waals surface area contributed by atoms with Crippen molar-refractivity contribution >= 4 is 8.12 Å². The van der Waals surface area contributed by atoms with Gasteiger partial charge in [0, 0.05) is 0 Å². The minimum atomic E-state index is 1.50. The molecule has 1 nitrogen and oxygen atoms in total.